The number of rotatable bonds is 6. The fourth-order valence-corrected chi connectivity index (χ4v) is 1.52. The molecule has 0 atom stereocenters. The molecule has 0 aliphatic carbocycles. The second-order valence-corrected chi connectivity index (χ2v) is 3.71. The molecule has 0 fully saturated rings. The molecule has 0 saturated carbocycles. The minimum atomic E-state index is -2.66. The van der Waals surface area contributed by atoms with Crippen LogP contribution in [-0.2, 0) is 0 Å². The van der Waals surface area contributed by atoms with Crippen molar-refractivity contribution in [3.63, 3.8) is 0 Å². The highest BCUT2D eigenvalue weighted by atomic mass is 35.5. The normalized spacial score (nSPS) is 10.7. The van der Waals surface area contributed by atoms with Crippen molar-refractivity contribution in [2.24, 2.45) is 0 Å². The van der Waals surface area contributed by atoms with Crippen molar-refractivity contribution in [1.82, 2.24) is 4.98 Å². The Balaban J connectivity index is 3.06. The zero-order valence-corrected chi connectivity index (χ0v) is 9.85. The zero-order valence-electron chi connectivity index (χ0n) is 9.09. The predicted molar refractivity (Wildman–Crippen MR) is 61.2 cm³/mol. The molecule has 0 spiro atoms. The minimum absolute atomic E-state index is 0.0662. The molecule has 6 nitrogen and oxygen atoms in total. The largest absolute Gasteiger partial charge is 0.395 e. The van der Waals surface area contributed by atoms with Gasteiger partial charge in [0.05, 0.1) is 30.2 Å². The first-order valence-electron chi connectivity index (χ1n) is 4.90. The first kappa shape index (κ1) is 14.5. The van der Waals surface area contributed by atoms with Crippen LogP contribution in [-0.4, -0.2) is 41.1 Å². The number of aliphatic hydroxyl groups is 1. The van der Waals surface area contributed by atoms with E-state index in [9.17, 15) is 18.9 Å². The van der Waals surface area contributed by atoms with Crippen LogP contribution in [0.4, 0.5) is 20.3 Å². The number of alkyl halides is 2. The van der Waals surface area contributed by atoms with E-state index in [2.05, 4.69) is 4.98 Å². The van der Waals surface area contributed by atoms with Crippen LogP contribution in [0.25, 0.3) is 0 Å². The second-order valence-electron chi connectivity index (χ2n) is 3.32. The molecule has 1 rings (SSSR count). The number of aliphatic hydroxyl groups excluding tert-OH is 1. The Kier molecular flexibility index (Phi) is 5.17. The van der Waals surface area contributed by atoms with Crippen LogP contribution in [0.15, 0.2) is 12.1 Å². The molecule has 0 unspecified atom stereocenters. The van der Waals surface area contributed by atoms with Crippen LogP contribution in [0.1, 0.15) is 0 Å². The van der Waals surface area contributed by atoms with E-state index in [-0.39, 0.29) is 29.8 Å². The SMILES string of the molecule is O=[N+]([O-])c1cc(Cl)nc(N(CCO)CC(F)F)c1. The Labute approximate surface area is 106 Å². The molecule has 0 radical (unpaired) electrons. The van der Waals surface area contributed by atoms with Crippen LogP contribution >= 0.6 is 11.6 Å². The molecular weight excluding hydrogens is 272 g/mol. The van der Waals surface area contributed by atoms with Gasteiger partial charge in [-0.25, -0.2) is 13.8 Å². The predicted octanol–water partition coefficient (Wildman–Crippen LogP) is 1.71. The lowest BCUT2D eigenvalue weighted by Crippen LogP contribution is -2.32. The van der Waals surface area contributed by atoms with Gasteiger partial charge in [-0.05, 0) is 0 Å². The van der Waals surface area contributed by atoms with Gasteiger partial charge in [-0.3, -0.25) is 10.1 Å². The van der Waals surface area contributed by atoms with Crippen LogP contribution in [0.5, 0.6) is 0 Å². The van der Waals surface area contributed by atoms with E-state index < -0.39 is 17.9 Å². The molecule has 1 heterocycles. The van der Waals surface area contributed by atoms with Crippen LogP contribution in [0, 0.1) is 10.1 Å². The summed E-state index contributed by atoms with van der Waals surface area (Å²) >= 11 is 5.58. The van der Waals surface area contributed by atoms with Gasteiger partial charge in [0.15, 0.2) is 0 Å². The average Bonchev–Trinajstić information content (AvgIpc) is 2.27. The van der Waals surface area contributed by atoms with E-state index in [0.717, 1.165) is 17.0 Å². The smallest absolute Gasteiger partial charge is 0.276 e. The van der Waals surface area contributed by atoms with Crippen molar-refractivity contribution < 1.29 is 18.8 Å². The van der Waals surface area contributed by atoms with Crippen LogP contribution in [0.3, 0.4) is 0 Å². The molecule has 18 heavy (non-hydrogen) atoms. The van der Waals surface area contributed by atoms with Crippen molar-refractivity contribution in [2.75, 3.05) is 24.6 Å². The van der Waals surface area contributed by atoms with E-state index in [0.29, 0.717) is 0 Å². The summed E-state index contributed by atoms with van der Waals surface area (Å²) in [5, 5.41) is 19.2. The molecule has 100 valence electrons. The summed E-state index contributed by atoms with van der Waals surface area (Å²) in [5.74, 6) is -0.0662. The molecule has 1 N–H and O–H groups in total. The quantitative estimate of drug-likeness (QED) is 0.488. The van der Waals surface area contributed by atoms with Crippen molar-refractivity contribution in [2.45, 2.75) is 6.43 Å². The van der Waals surface area contributed by atoms with Crippen molar-refractivity contribution in [3.8, 4) is 0 Å². The summed E-state index contributed by atoms with van der Waals surface area (Å²) in [6.45, 7) is -1.19. The second kappa shape index (κ2) is 6.41. The van der Waals surface area contributed by atoms with Gasteiger partial charge in [0, 0.05) is 6.54 Å². The lowest BCUT2D eigenvalue weighted by atomic mass is 10.3. The van der Waals surface area contributed by atoms with E-state index >= 15 is 0 Å². The van der Waals surface area contributed by atoms with Gasteiger partial charge in [-0.2, -0.15) is 0 Å². The van der Waals surface area contributed by atoms with Gasteiger partial charge in [-0.1, -0.05) is 11.6 Å². The number of nitro groups is 1. The number of pyridine rings is 1. The monoisotopic (exact) mass is 281 g/mol. The molecule has 9 heteroatoms. The maximum atomic E-state index is 12.3. The number of anilines is 1. The number of hydrogen-bond acceptors (Lipinski definition) is 5. The highest BCUT2D eigenvalue weighted by Gasteiger charge is 2.18. The van der Waals surface area contributed by atoms with E-state index in [1.165, 1.54) is 0 Å². The number of halogens is 3. The lowest BCUT2D eigenvalue weighted by Gasteiger charge is -2.22. The lowest BCUT2D eigenvalue weighted by molar-refractivity contribution is -0.384. The standard InChI is InChI=1S/C9H10ClF2N3O3/c10-7-3-6(15(17)18)4-9(13-7)14(1-2-16)5-8(11)12/h3-4,8,16H,1-2,5H2. The Bertz CT molecular complexity index is 434. The summed E-state index contributed by atoms with van der Waals surface area (Å²) in [5.41, 5.74) is -0.345. The molecular formula is C9H10ClF2N3O3. The maximum absolute atomic E-state index is 12.3. The van der Waals surface area contributed by atoms with Gasteiger partial charge < -0.3 is 10.0 Å². The van der Waals surface area contributed by atoms with Gasteiger partial charge in [-0.15, -0.1) is 0 Å². The summed E-state index contributed by atoms with van der Waals surface area (Å²) in [6.07, 6.45) is -2.66. The Morgan fingerprint density at radius 1 is 1.56 bits per heavy atom. The van der Waals surface area contributed by atoms with Crippen LogP contribution < -0.4 is 4.90 Å². The summed E-state index contributed by atoms with van der Waals surface area (Å²) in [6, 6.07) is 2.05. The van der Waals surface area contributed by atoms with E-state index in [1.807, 2.05) is 0 Å². The van der Waals surface area contributed by atoms with Crippen LogP contribution in [0.2, 0.25) is 5.15 Å². The van der Waals surface area contributed by atoms with Crippen molar-refractivity contribution >= 4 is 23.1 Å². The fraction of sp³-hybridized carbons (Fsp3) is 0.444. The Morgan fingerprint density at radius 2 is 2.22 bits per heavy atom. The van der Waals surface area contributed by atoms with Crippen molar-refractivity contribution in [1.29, 1.82) is 0 Å². The zero-order chi connectivity index (χ0) is 13.7. The molecule has 0 bridgehead atoms. The summed E-state index contributed by atoms with van der Waals surface area (Å²) in [4.78, 5) is 14.7. The van der Waals surface area contributed by atoms with Gasteiger partial charge >= 0.3 is 0 Å². The third-order valence-electron chi connectivity index (χ3n) is 2.03. The molecule has 0 saturated heterocycles. The number of hydrogen-bond donors (Lipinski definition) is 1. The average molecular weight is 282 g/mol. The number of nitrogens with zero attached hydrogens (tertiary/aromatic N) is 3. The van der Waals surface area contributed by atoms with E-state index in [4.69, 9.17) is 16.7 Å². The first-order valence-corrected chi connectivity index (χ1v) is 5.27. The number of aromatic nitrogens is 1. The fourth-order valence-electron chi connectivity index (χ4n) is 1.32. The topological polar surface area (TPSA) is 79.5 Å². The highest BCUT2D eigenvalue weighted by Crippen LogP contribution is 2.23. The third kappa shape index (κ3) is 4.04. The Morgan fingerprint density at radius 3 is 2.72 bits per heavy atom. The highest BCUT2D eigenvalue weighted by molar-refractivity contribution is 6.29. The molecule has 0 amide bonds. The first-order chi connectivity index (χ1) is 8.43. The maximum Gasteiger partial charge on any atom is 0.276 e. The van der Waals surface area contributed by atoms with E-state index in [1.54, 1.807) is 0 Å². The molecule has 0 aliphatic heterocycles. The summed E-state index contributed by atoms with van der Waals surface area (Å²) < 4.78 is 24.7. The van der Waals surface area contributed by atoms with Crippen molar-refractivity contribution in [3.05, 3.63) is 27.4 Å². The molecule has 0 aromatic carbocycles. The summed E-state index contributed by atoms with van der Waals surface area (Å²) in [7, 11) is 0. The minimum Gasteiger partial charge on any atom is -0.395 e. The third-order valence-corrected chi connectivity index (χ3v) is 2.22. The molecule has 1 aromatic heterocycles. The molecule has 1 aromatic rings. The van der Waals surface area contributed by atoms with Gasteiger partial charge in [0.1, 0.15) is 11.0 Å². The Hall–Kier alpha value is -1.54. The molecule has 0 aliphatic rings. The van der Waals surface area contributed by atoms with Gasteiger partial charge in [0.25, 0.3) is 12.1 Å². The van der Waals surface area contributed by atoms with Gasteiger partial charge in [0.2, 0.25) is 0 Å².